The zero-order valence-electron chi connectivity index (χ0n) is 15.6. The first-order valence-electron chi connectivity index (χ1n) is 8.57. The Morgan fingerprint density at radius 1 is 1.15 bits per heavy atom. The second-order valence-electron chi connectivity index (χ2n) is 6.58. The van der Waals surface area contributed by atoms with Crippen molar-refractivity contribution in [1.29, 1.82) is 0 Å². The lowest BCUT2D eigenvalue weighted by Crippen LogP contribution is -2.30. The summed E-state index contributed by atoms with van der Waals surface area (Å²) >= 11 is 12.5. The maximum absolute atomic E-state index is 6.32. The number of hydrogen-bond donors (Lipinski definition) is 1. The molecule has 1 N–H and O–H groups in total. The molecule has 0 aliphatic heterocycles. The molecule has 1 aromatic heterocycles. The molecule has 6 heteroatoms. The fraction of sp³-hybridized carbons (Fsp3) is 0.190. The standard InChI is InChI=1S/C21H22Cl2N4/c1-14-10-20(19(23)11-18(14)22)24-12-21-17(13-26(3)4)15(2)27(25-21)16-8-6-5-7-9-16/h5-11,13,24H,2,12H2,1,3-4H3/b17-13-. The molecule has 3 aromatic rings. The molecule has 140 valence electrons. The summed E-state index contributed by atoms with van der Waals surface area (Å²) in [6, 6.07) is 13.7. The molecule has 0 aliphatic rings. The van der Waals surface area contributed by atoms with Gasteiger partial charge in [0.05, 0.1) is 34.0 Å². The number of aryl methyl sites for hydroxylation is 1. The predicted molar refractivity (Wildman–Crippen MR) is 115 cm³/mol. The highest BCUT2D eigenvalue weighted by molar-refractivity contribution is 6.36. The summed E-state index contributed by atoms with van der Waals surface area (Å²) in [4.78, 5) is 1.99. The summed E-state index contributed by atoms with van der Waals surface area (Å²) in [5.74, 6) is 0. The highest BCUT2D eigenvalue weighted by Gasteiger charge is 2.10. The molecule has 27 heavy (non-hydrogen) atoms. The van der Waals surface area contributed by atoms with Crippen molar-refractivity contribution in [3.8, 4) is 5.69 Å². The van der Waals surface area contributed by atoms with E-state index in [-0.39, 0.29) is 0 Å². The number of benzene rings is 2. The van der Waals surface area contributed by atoms with Gasteiger partial charge in [-0.1, -0.05) is 48.0 Å². The Labute approximate surface area is 169 Å². The van der Waals surface area contributed by atoms with Gasteiger partial charge >= 0.3 is 0 Å². The van der Waals surface area contributed by atoms with Crippen LogP contribution in [0.1, 0.15) is 11.3 Å². The van der Waals surface area contributed by atoms with E-state index in [1.807, 2.05) is 73.2 Å². The summed E-state index contributed by atoms with van der Waals surface area (Å²) < 4.78 is 1.86. The molecule has 0 radical (unpaired) electrons. The third-order valence-corrected chi connectivity index (χ3v) is 4.90. The quantitative estimate of drug-likeness (QED) is 0.706. The minimum absolute atomic E-state index is 0.517. The molecule has 0 spiro atoms. The SMILES string of the molecule is C=c1/c(=C/N(C)C)c(CNc2cc(C)c(Cl)cc2Cl)nn1-c1ccccc1. The Kier molecular flexibility index (Phi) is 5.78. The van der Waals surface area contributed by atoms with E-state index in [0.717, 1.165) is 33.2 Å². The minimum atomic E-state index is 0.517. The molecule has 3 rings (SSSR count). The highest BCUT2D eigenvalue weighted by atomic mass is 35.5. The fourth-order valence-corrected chi connectivity index (χ4v) is 3.26. The maximum atomic E-state index is 6.32. The smallest absolute Gasteiger partial charge is 0.0912 e. The first kappa shape index (κ1) is 19.3. The lowest BCUT2D eigenvalue weighted by Gasteiger charge is -2.10. The molecule has 4 nitrogen and oxygen atoms in total. The van der Waals surface area contributed by atoms with Crippen LogP contribution >= 0.6 is 23.2 Å². The van der Waals surface area contributed by atoms with Gasteiger partial charge in [-0.3, -0.25) is 0 Å². The van der Waals surface area contributed by atoms with Crippen LogP contribution in [0.3, 0.4) is 0 Å². The number of rotatable bonds is 5. The summed E-state index contributed by atoms with van der Waals surface area (Å²) in [5, 5.41) is 11.2. The second kappa shape index (κ2) is 8.07. The minimum Gasteiger partial charge on any atom is -0.383 e. The van der Waals surface area contributed by atoms with Gasteiger partial charge in [0.15, 0.2) is 0 Å². The molecule has 0 saturated carbocycles. The molecule has 0 fully saturated rings. The first-order chi connectivity index (χ1) is 12.9. The average molecular weight is 401 g/mol. The average Bonchev–Trinajstić information content (AvgIpc) is 2.93. The Bertz CT molecular complexity index is 1060. The molecule has 0 atom stereocenters. The molecular formula is C21H22Cl2N4. The van der Waals surface area contributed by atoms with Gasteiger partial charge in [0.1, 0.15) is 0 Å². The van der Waals surface area contributed by atoms with Crippen LogP contribution in [0.5, 0.6) is 0 Å². The number of nitrogens with one attached hydrogen (secondary N) is 1. The lowest BCUT2D eigenvalue weighted by atomic mass is 10.2. The van der Waals surface area contributed by atoms with Gasteiger partial charge in [0, 0.05) is 30.5 Å². The van der Waals surface area contributed by atoms with E-state index >= 15 is 0 Å². The van der Waals surface area contributed by atoms with E-state index in [1.54, 1.807) is 6.07 Å². The molecular weight excluding hydrogens is 379 g/mol. The molecule has 0 unspecified atom stereocenters. The second-order valence-corrected chi connectivity index (χ2v) is 7.40. The van der Waals surface area contributed by atoms with E-state index in [9.17, 15) is 0 Å². The zero-order chi connectivity index (χ0) is 19.6. The van der Waals surface area contributed by atoms with Crippen LogP contribution in [-0.2, 0) is 6.54 Å². The van der Waals surface area contributed by atoms with Crippen molar-refractivity contribution in [2.45, 2.75) is 13.5 Å². The number of nitrogens with zero attached hydrogens (tertiary/aromatic N) is 3. The lowest BCUT2D eigenvalue weighted by molar-refractivity contribution is 0.613. The number of aromatic nitrogens is 2. The van der Waals surface area contributed by atoms with Crippen LogP contribution < -0.4 is 15.9 Å². The van der Waals surface area contributed by atoms with Gasteiger partial charge in [0.25, 0.3) is 0 Å². The van der Waals surface area contributed by atoms with Gasteiger partial charge < -0.3 is 10.2 Å². The topological polar surface area (TPSA) is 33.1 Å². The van der Waals surface area contributed by atoms with E-state index in [2.05, 4.69) is 11.9 Å². The Morgan fingerprint density at radius 2 is 1.85 bits per heavy atom. The largest absolute Gasteiger partial charge is 0.383 e. The summed E-state index contributed by atoms with van der Waals surface area (Å²) in [7, 11) is 3.96. The maximum Gasteiger partial charge on any atom is 0.0912 e. The van der Waals surface area contributed by atoms with Crippen LogP contribution in [0.2, 0.25) is 10.0 Å². The third-order valence-electron chi connectivity index (χ3n) is 4.18. The van der Waals surface area contributed by atoms with Crippen molar-refractivity contribution in [2.75, 3.05) is 19.4 Å². The van der Waals surface area contributed by atoms with Crippen LogP contribution in [0, 0.1) is 6.92 Å². The van der Waals surface area contributed by atoms with E-state index in [0.29, 0.717) is 16.6 Å². The fourth-order valence-electron chi connectivity index (χ4n) is 2.81. The van der Waals surface area contributed by atoms with Crippen molar-refractivity contribution < 1.29 is 0 Å². The van der Waals surface area contributed by atoms with Crippen LogP contribution in [0.25, 0.3) is 18.5 Å². The van der Waals surface area contributed by atoms with Crippen molar-refractivity contribution in [1.82, 2.24) is 14.7 Å². The van der Waals surface area contributed by atoms with Crippen LogP contribution in [0.4, 0.5) is 5.69 Å². The van der Waals surface area contributed by atoms with Crippen LogP contribution in [-0.4, -0.2) is 28.8 Å². The third kappa shape index (κ3) is 4.29. The number of halogens is 2. The first-order valence-corrected chi connectivity index (χ1v) is 9.32. The zero-order valence-corrected chi connectivity index (χ0v) is 17.1. The number of hydrogen-bond acceptors (Lipinski definition) is 3. The van der Waals surface area contributed by atoms with Gasteiger partial charge in [-0.25, -0.2) is 4.68 Å². The van der Waals surface area contributed by atoms with Crippen molar-refractivity contribution in [3.63, 3.8) is 0 Å². The van der Waals surface area contributed by atoms with Gasteiger partial charge in [0.2, 0.25) is 0 Å². The molecule has 0 saturated heterocycles. The molecule has 2 aromatic carbocycles. The molecule has 0 amide bonds. The Morgan fingerprint density at radius 3 is 2.52 bits per heavy atom. The van der Waals surface area contributed by atoms with E-state index in [4.69, 9.17) is 28.3 Å². The van der Waals surface area contributed by atoms with Crippen molar-refractivity contribution >= 4 is 41.7 Å². The van der Waals surface area contributed by atoms with Gasteiger partial charge in [-0.15, -0.1) is 0 Å². The monoisotopic (exact) mass is 400 g/mol. The van der Waals surface area contributed by atoms with Crippen molar-refractivity contribution in [2.24, 2.45) is 0 Å². The van der Waals surface area contributed by atoms with Gasteiger partial charge in [-0.2, -0.15) is 5.10 Å². The van der Waals surface area contributed by atoms with Gasteiger partial charge in [-0.05, 0) is 36.8 Å². The normalized spacial score (nSPS) is 11.7. The number of para-hydroxylation sites is 1. The van der Waals surface area contributed by atoms with Crippen molar-refractivity contribution in [3.05, 3.63) is 74.3 Å². The highest BCUT2D eigenvalue weighted by Crippen LogP contribution is 2.28. The van der Waals surface area contributed by atoms with Crippen LogP contribution in [0.15, 0.2) is 42.5 Å². The Hall–Kier alpha value is -2.43. The van der Waals surface area contributed by atoms with E-state index in [1.165, 1.54) is 0 Å². The number of anilines is 1. The molecule has 0 bridgehead atoms. The predicted octanol–water partition coefficient (Wildman–Crippen LogP) is 3.81. The van der Waals surface area contributed by atoms with E-state index < -0.39 is 0 Å². The Balaban J connectivity index is 2.00. The molecule has 0 aliphatic carbocycles. The molecule has 1 heterocycles. The summed E-state index contributed by atoms with van der Waals surface area (Å²) in [5.41, 5.74) is 3.66. The summed E-state index contributed by atoms with van der Waals surface area (Å²) in [6.07, 6.45) is 2.03. The summed E-state index contributed by atoms with van der Waals surface area (Å²) in [6.45, 7) is 6.71.